The standard InChI is InChI=1S/C12H16FN/c1-8(14)10-3-2-9-4-5-12(13)7-11(9)6-10/h4-5,7-8,10H,2-3,6,14H2,1H3. The number of fused-ring (bicyclic) bond motifs is 1. The molecule has 0 radical (unpaired) electrons. The fourth-order valence-electron chi connectivity index (χ4n) is 2.20. The third kappa shape index (κ3) is 1.80. The van der Waals surface area contributed by atoms with E-state index < -0.39 is 0 Å². The Kier molecular flexibility index (Phi) is 2.55. The maximum Gasteiger partial charge on any atom is 0.123 e. The van der Waals surface area contributed by atoms with Gasteiger partial charge in [0.2, 0.25) is 0 Å². The highest BCUT2D eigenvalue weighted by atomic mass is 19.1. The highest BCUT2D eigenvalue weighted by Gasteiger charge is 2.21. The maximum absolute atomic E-state index is 13.0. The van der Waals surface area contributed by atoms with Gasteiger partial charge in [-0.15, -0.1) is 0 Å². The van der Waals surface area contributed by atoms with Crippen molar-refractivity contribution in [3.8, 4) is 0 Å². The van der Waals surface area contributed by atoms with Crippen molar-refractivity contribution in [1.82, 2.24) is 0 Å². The molecule has 0 fully saturated rings. The monoisotopic (exact) mass is 193 g/mol. The number of benzene rings is 1. The molecular formula is C12H16FN. The Morgan fingerprint density at radius 2 is 2.21 bits per heavy atom. The van der Waals surface area contributed by atoms with Crippen LogP contribution in [0.5, 0.6) is 0 Å². The van der Waals surface area contributed by atoms with Crippen molar-refractivity contribution in [2.75, 3.05) is 0 Å². The van der Waals surface area contributed by atoms with Crippen LogP contribution in [0.2, 0.25) is 0 Å². The number of rotatable bonds is 1. The van der Waals surface area contributed by atoms with Crippen LogP contribution in [0.15, 0.2) is 18.2 Å². The van der Waals surface area contributed by atoms with E-state index in [1.165, 1.54) is 5.56 Å². The molecule has 0 saturated carbocycles. The predicted octanol–water partition coefficient (Wildman–Crippen LogP) is 2.28. The summed E-state index contributed by atoms with van der Waals surface area (Å²) in [5.41, 5.74) is 8.31. The summed E-state index contributed by atoms with van der Waals surface area (Å²) in [5, 5.41) is 0. The molecule has 0 aliphatic heterocycles. The second-order valence-electron chi connectivity index (χ2n) is 4.28. The first-order valence-electron chi connectivity index (χ1n) is 5.19. The third-order valence-electron chi connectivity index (χ3n) is 3.18. The van der Waals surface area contributed by atoms with E-state index in [9.17, 15) is 4.39 Å². The number of hydrogen-bond acceptors (Lipinski definition) is 1. The van der Waals surface area contributed by atoms with Crippen LogP contribution in [-0.4, -0.2) is 6.04 Å². The molecule has 2 heteroatoms. The molecule has 0 bridgehead atoms. The highest BCUT2D eigenvalue weighted by Crippen LogP contribution is 2.27. The van der Waals surface area contributed by atoms with E-state index in [0.29, 0.717) is 5.92 Å². The van der Waals surface area contributed by atoms with Crippen molar-refractivity contribution in [3.63, 3.8) is 0 Å². The fourth-order valence-corrected chi connectivity index (χ4v) is 2.20. The Morgan fingerprint density at radius 3 is 2.93 bits per heavy atom. The zero-order valence-electron chi connectivity index (χ0n) is 8.46. The second kappa shape index (κ2) is 3.70. The van der Waals surface area contributed by atoms with E-state index >= 15 is 0 Å². The van der Waals surface area contributed by atoms with Gasteiger partial charge >= 0.3 is 0 Å². The van der Waals surface area contributed by atoms with Crippen LogP contribution in [0.25, 0.3) is 0 Å². The predicted molar refractivity (Wildman–Crippen MR) is 55.6 cm³/mol. The molecule has 1 aromatic carbocycles. The average Bonchev–Trinajstić information content (AvgIpc) is 2.16. The Morgan fingerprint density at radius 1 is 1.43 bits per heavy atom. The number of halogens is 1. The fraction of sp³-hybridized carbons (Fsp3) is 0.500. The molecule has 2 atom stereocenters. The molecule has 0 heterocycles. The van der Waals surface area contributed by atoms with Crippen LogP contribution in [0.4, 0.5) is 4.39 Å². The normalized spacial score (nSPS) is 22.9. The van der Waals surface area contributed by atoms with Crippen molar-refractivity contribution in [2.24, 2.45) is 11.7 Å². The number of aryl methyl sites for hydroxylation is 1. The van der Waals surface area contributed by atoms with E-state index in [-0.39, 0.29) is 11.9 Å². The van der Waals surface area contributed by atoms with Crippen LogP contribution in [0, 0.1) is 11.7 Å². The highest BCUT2D eigenvalue weighted by molar-refractivity contribution is 5.30. The molecule has 76 valence electrons. The van der Waals surface area contributed by atoms with Crippen molar-refractivity contribution in [3.05, 3.63) is 35.1 Å². The van der Waals surface area contributed by atoms with Crippen molar-refractivity contribution >= 4 is 0 Å². The van der Waals surface area contributed by atoms with Gasteiger partial charge in [-0.2, -0.15) is 0 Å². The maximum atomic E-state index is 13.0. The third-order valence-corrected chi connectivity index (χ3v) is 3.18. The molecule has 2 N–H and O–H groups in total. The van der Waals surface area contributed by atoms with E-state index in [2.05, 4.69) is 0 Å². The van der Waals surface area contributed by atoms with E-state index in [1.807, 2.05) is 13.0 Å². The summed E-state index contributed by atoms with van der Waals surface area (Å²) in [5.74, 6) is 0.387. The zero-order valence-corrected chi connectivity index (χ0v) is 8.46. The minimum absolute atomic E-state index is 0.130. The molecule has 1 aromatic rings. The van der Waals surface area contributed by atoms with Gasteiger partial charge in [0.05, 0.1) is 0 Å². The van der Waals surface area contributed by atoms with Gasteiger partial charge in [0.1, 0.15) is 5.82 Å². The van der Waals surface area contributed by atoms with E-state index in [0.717, 1.165) is 24.8 Å². The number of hydrogen-bond donors (Lipinski definition) is 1. The smallest absolute Gasteiger partial charge is 0.123 e. The minimum atomic E-state index is -0.130. The van der Waals surface area contributed by atoms with Crippen molar-refractivity contribution in [1.29, 1.82) is 0 Å². The largest absolute Gasteiger partial charge is 0.328 e. The first-order valence-corrected chi connectivity index (χ1v) is 5.19. The molecule has 14 heavy (non-hydrogen) atoms. The summed E-state index contributed by atoms with van der Waals surface area (Å²) >= 11 is 0. The topological polar surface area (TPSA) is 26.0 Å². The van der Waals surface area contributed by atoms with Gasteiger partial charge < -0.3 is 5.73 Å². The van der Waals surface area contributed by atoms with Gasteiger partial charge in [-0.3, -0.25) is 0 Å². The molecule has 0 saturated heterocycles. The van der Waals surface area contributed by atoms with Crippen LogP contribution >= 0.6 is 0 Å². The Labute approximate surface area is 84.1 Å². The molecule has 0 spiro atoms. The minimum Gasteiger partial charge on any atom is -0.328 e. The molecular weight excluding hydrogens is 177 g/mol. The van der Waals surface area contributed by atoms with Crippen LogP contribution < -0.4 is 5.73 Å². The molecule has 1 aliphatic rings. The van der Waals surface area contributed by atoms with Crippen LogP contribution in [0.1, 0.15) is 24.5 Å². The SMILES string of the molecule is CC(N)C1CCc2ccc(F)cc2C1. The summed E-state index contributed by atoms with van der Waals surface area (Å²) in [4.78, 5) is 0. The van der Waals surface area contributed by atoms with E-state index in [1.54, 1.807) is 12.1 Å². The van der Waals surface area contributed by atoms with Gasteiger partial charge in [-0.05, 0) is 55.4 Å². The van der Waals surface area contributed by atoms with Gasteiger partial charge in [0.15, 0.2) is 0 Å². The van der Waals surface area contributed by atoms with Gasteiger partial charge in [0, 0.05) is 6.04 Å². The molecule has 0 aromatic heterocycles. The first-order chi connectivity index (χ1) is 6.66. The summed E-state index contributed by atoms with van der Waals surface area (Å²) in [7, 11) is 0. The Hall–Kier alpha value is -0.890. The van der Waals surface area contributed by atoms with Crippen molar-refractivity contribution in [2.45, 2.75) is 32.2 Å². The number of nitrogens with two attached hydrogens (primary N) is 1. The summed E-state index contributed by atoms with van der Waals surface area (Å²) < 4.78 is 13.0. The first kappa shape index (κ1) is 9.66. The van der Waals surface area contributed by atoms with Gasteiger partial charge in [-0.25, -0.2) is 4.39 Å². The Bertz CT molecular complexity index is 333. The average molecular weight is 193 g/mol. The molecule has 1 nitrogen and oxygen atoms in total. The lowest BCUT2D eigenvalue weighted by molar-refractivity contribution is 0.392. The Balaban J connectivity index is 2.24. The molecule has 1 aliphatic carbocycles. The molecule has 2 unspecified atom stereocenters. The summed E-state index contributed by atoms with van der Waals surface area (Å²) in [6.45, 7) is 2.04. The lowest BCUT2D eigenvalue weighted by Gasteiger charge is -2.27. The second-order valence-corrected chi connectivity index (χ2v) is 4.28. The van der Waals surface area contributed by atoms with Gasteiger partial charge in [-0.1, -0.05) is 6.07 Å². The lowest BCUT2D eigenvalue weighted by Crippen LogP contribution is -2.31. The zero-order chi connectivity index (χ0) is 10.1. The van der Waals surface area contributed by atoms with Crippen LogP contribution in [-0.2, 0) is 12.8 Å². The molecule has 0 amide bonds. The molecule has 2 rings (SSSR count). The lowest BCUT2D eigenvalue weighted by atomic mass is 9.81. The summed E-state index contributed by atoms with van der Waals surface area (Å²) in [6.07, 6.45) is 3.11. The van der Waals surface area contributed by atoms with Crippen molar-refractivity contribution < 1.29 is 4.39 Å². The quantitative estimate of drug-likeness (QED) is 0.727. The summed E-state index contributed by atoms with van der Waals surface area (Å²) in [6, 6.07) is 5.32. The van der Waals surface area contributed by atoms with Gasteiger partial charge in [0.25, 0.3) is 0 Å². The van der Waals surface area contributed by atoms with Crippen LogP contribution in [0.3, 0.4) is 0 Å². The van der Waals surface area contributed by atoms with E-state index in [4.69, 9.17) is 5.73 Å².